The number of nitrogens with two attached hydrogens (primary N) is 1. The van der Waals surface area contributed by atoms with Crippen molar-refractivity contribution in [1.82, 2.24) is 10.3 Å². The highest BCUT2D eigenvalue weighted by Crippen LogP contribution is 2.15. The maximum atomic E-state index is 5.97. The Morgan fingerprint density at radius 3 is 2.65 bits per heavy atom. The van der Waals surface area contributed by atoms with E-state index < -0.39 is 0 Å². The van der Waals surface area contributed by atoms with Gasteiger partial charge >= 0.3 is 0 Å². The summed E-state index contributed by atoms with van der Waals surface area (Å²) in [4.78, 5) is 7.79. The molecule has 0 aliphatic carbocycles. The van der Waals surface area contributed by atoms with Crippen LogP contribution in [0.5, 0.6) is 0 Å². The Balaban J connectivity index is 0.00000264. The molecule has 1 aromatic heterocycles. The molecule has 0 amide bonds. The van der Waals surface area contributed by atoms with Gasteiger partial charge in [0.2, 0.25) is 0 Å². The van der Waals surface area contributed by atoms with E-state index in [2.05, 4.69) is 54.3 Å². The van der Waals surface area contributed by atoms with Gasteiger partial charge in [-0.15, -0.1) is 24.0 Å². The standard InChI is InChI=1S/C18H28N4.HI/c1-13(2)7-6-8-14(3)21-18(19)20-12-16-11-15-9-4-5-10-17(15)22-16;/h4-5,9-11,13-14,22H,6-8,12H2,1-3H3,(H3,19,20,21);1H. The summed E-state index contributed by atoms with van der Waals surface area (Å²) in [6.45, 7) is 7.25. The zero-order valence-corrected chi connectivity index (χ0v) is 16.6. The fourth-order valence-corrected chi connectivity index (χ4v) is 2.59. The molecule has 0 saturated heterocycles. The SMILES string of the molecule is CC(C)CCCC(C)NC(N)=NCc1cc2ccccc2[nH]1.I. The lowest BCUT2D eigenvalue weighted by Gasteiger charge is -2.14. The lowest BCUT2D eigenvalue weighted by atomic mass is 10.0. The molecule has 0 radical (unpaired) electrons. The second-order valence-corrected chi connectivity index (χ2v) is 6.45. The number of nitrogens with zero attached hydrogens (tertiary/aromatic N) is 1. The molecule has 0 spiro atoms. The smallest absolute Gasteiger partial charge is 0.189 e. The number of nitrogens with one attached hydrogen (secondary N) is 2. The molecule has 0 fully saturated rings. The van der Waals surface area contributed by atoms with Gasteiger partial charge in [0.15, 0.2) is 5.96 Å². The molecule has 1 unspecified atom stereocenters. The molecule has 4 nitrogen and oxygen atoms in total. The highest BCUT2D eigenvalue weighted by Gasteiger charge is 2.04. The number of para-hydroxylation sites is 1. The number of aromatic nitrogens is 1. The zero-order valence-electron chi connectivity index (χ0n) is 14.3. The summed E-state index contributed by atoms with van der Waals surface area (Å²) in [6.07, 6.45) is 3.61. The molecule has 0 bridgehead atoms. The zero-order chi connectivity index (χ0) is 15.9. The molecular formula is C18H29IN4. The fraction of sp³-hybridized carbons (Fsp3) is 0.500. The predicted octanol–water partition coefficient (Wildman–Crippen LogP) is 4.41. The summed E-state index contributed by atoms with van der Waals surface area (Å²) in [5, 5.41) is 4.48. The van der Waals surface area contributed by atoms with Crippen molar-refractivity contribution in [3.8, 4) is 0 Å². The molecule has 1 aromatic carbocycles. The van der Waals surface area contributed by atoms with E-state index in [9.17, 15) is 0 Å². The van der Waals surface area contributed by atoms with Crippen molar-refractivity contribution in [2.75, 3.05) is 0 Å². The van der Waals surface area contributed by atoms with Gasteiger partial charge in [0.1, 0.15) is 0 Å². The summed E-state index contributed by atoms with van der Waals surface area (Å²) >= 11 is 0. The van der Waals surface area contributed by atoms with Crippen LogP contribution in [0.25, 0.3) is 10.9 Å². The third-order valence-electron chi connectivity index (χ3n) is 3.82. The predicted molar refractivity (Wildman–Crippen MR) is 110 cm³/mol. The highest BCUT2D eigenvalue weighted by atomic mass is 127. The number of H-pyrrole nitrogens is 1. The number of fused-ring (bicyclic) bond motifs is 1. The lowest BCUT2D eigenvalue weighted by Crippen LogP contribution is -2.38. The average molecular weight is 428 g/mol. The molecule has 0 aliphatic rings. The molecule has 1 heterocycles. The largest absolute Gasteiger partial charge is 0.370 e. The van der Waals surface area contributed by atoms with Crippen LogP contribution in [-0.4, -0.2) is 17.0 Å². The van der Waals surface area contributed by atoms with E-state index in [-0.39, 0.29) is 24.0 Å². The van der Waals surface area contributed by atoms with E-state index >= 15 is 0 Å². The van der Waals surface area contributed by atoms with Gasteiger partial charge in [-0.1, -0.05) is 44.9 Å². The fourth-order valence-electron chi connectivity index (χ4n) is 2.59. The minimum atomic E-state index is 0. The van der Waals surface area contributed by atoms with E-state index in [0.29, 0.717) is 18.5 Å². The third kappa shape index (κ3) is 6.81. The molecule has 2 aromatic rings. The second-order valence-electron chi connectivity index (χ2n) is 6.45. The number of hydrogen-bond donors (Lipinski definition) is 3. The molecule has 23 heavy (non-hydrogen) atoms. The van der Waals surface area contributed by atoms with Crippen LogP contribution in [-0.2, 0) is 6.54 Å². The van der Waals surface area contributed by atoms with Crippen LogP contribution < -0.4 is 11.1 Å². The van der Waals surface area contributed by atoms with Crippen LogP contribution in [0, 0.1) is 5.92 Å². The van der Waals surface area contributed by atoms with Crippen LogP contribution in [0.4, 0.5) is 0 Å². The van der Waals surface area contributed by atoms with E-state index in [1.165, 1.54) is 18.2 Å². The van der Waals surface area contributed by atoms with Crippen molar-refractivity contribution in [2.45, 2.75) is 52.6 Å². The number of hydrogen-bond acceptors (Lipinski definition) is 1. The Morgan fingerprint density at radius 2 is 1.96 bits per heavy atom. The second kappa shape index (κ2) is 9.80. The average Bonchev–Trinajstić information content (AvgIpc) is 2.87. The Morgan fingerprint density at radius 1 is 1.22 bits per heavy atom. The minimum absolute atomic E-state index is 0. The van der Waals surface area contributed by atoms with E-state index in [0.717, 1.165) is 23.5 Å². The summed E-state index contributed by atoms with van der Waals surface area (Å²) in [6, 6.07) is 10.7. The molecule has 1 atom stereocenters. The van der Waals surface area contributed by atoms with E-state index in [1.54, 1.807) is 0 Å². The minimum Gasteiger partial charge on any atom is -0.370 e. The number of rotatable bonds is 7. The topological polar surface area (TPSA) is 66.2 Å². The normalized spacial score (nSPS) is 13.1. The van der Waals surface area contributed by atoms with Gasteiger partial charge < -0.3 is 16.0 Å². The Kier molecular flexibility index (Phi) is 8.44. The van der Waals surface area contributed by atoms with Crippen LogP contribution in [0.2, 0.25) is 0 Å². The van der Waals surface area contributed by atoms with Crippen LogP contribution in [0.3, 0.4) is 0 Å². The highest BCUT2D eigenvalue weighted by molar-refractivity contribution is 14.0. The lowest BCUT2D eigenvalue weighted by molar-refractivity contribution is 0.493. The number of benzene rings is 1. The Labute approximate surface area is 156 Å². The molecule has 4 N–H and O–H groups in total. The van der Waals surface area contributed by atoms with Crippen LogP contribution in [0.1, 0.15) is 45.7 Å². The van der Waals surface area contributed by atoms with Crippen LogP contribution >= 0.6 is 24.0 Å². The summed E-state index contributed by atoms with van der Waals surface area (Å²) in [5.74, 6) is 1.29. The van der Waals surface area contributed by atoms with E-state index in [1.807, 2.05) is 12.1 Å². The Hall–Kier alpha value is -1.24. The van der Waals surface area contributed by atoms with Gasteiger partial charge in [0, 0.05) is 17.3 Å². The van der Waals surface area contributed by atoms with Crippen molar-refractivity contribution in [3.05, 3.63) is 36.0 Å². The van der Waals surface area contributed by atoms with Gasteiger partial charge in [-0.2, -0.15) is 0 Å². The first kappa shape index (κ1) is 19.8. The first-order valence-corrected chi connectivity index (χ1v) is 8.17. The van der Waals surface area contributed by atoms with Crippen molar-refractivity contribution < 1.29 is 0 Å². The summed E-state index contributed by atoms with van der Waals surface area (Å²) < 4.78 is 0. The van der Waals surface area contributed by atoms with Gasteiger partial charge in [-0.05, 0) is 36.8 Å². The maximum absolute atomic E-state index is 5.97. The molecular weight excluding hydrogens is 399 g/mol. The first-order valence-electron chi connectivity index (χ1n) is 8.17. The van der Waals surface area contributed by atoms with Crippen molar-refractivity contribution in [2.24, 2.45) is 16.6 Å². The molecule has 0 aliphatic heterocycles. The molecule has 2 rings (SSSR count). The Bertz CT molecular complexity index is 585. The van der Waals surface area contributed by atoms with Gasteiger partial charge in [0.25, 0.3) is 0 Å². The quantitative estimate of drug-likeness (QED) is 0.348. The summed E-state index contributed by atoms with van der Waals surface area (Å²) in [7, 11) is 0. The number of halogens is 1. The number of guanidine groups is 1. The maximum Gasteiger partial charge on any atom is 0.189 e. The van der Waals surface area contributed by atoms with Gasteiger partial charge in [0.05, 0.1) is 6.54 Å². The number of aliphatic imine (C=N–C) groups is 1. The third-order valence-corrected chi connectivity index (χ3v) is 3.82. The van der Waals surface area contributed by atoms with E-state index in [4.69, 9.17) is 5.73 Å². The molecule has 5 heteroatoms. The van der Waals surface area contributed by atoms with Crippen LogP contribution in [0.15, 0.2) is 35.3 Å². The van der Waals surface area contributed by atoms with Gasteiger partial charge in [-0.25, -0.2) is 4.99 Å². The van der Waals surface area contributed by atoms with Crippen molar-refractivity contribution in [3.63, 3.8) is 0 Å². The first-order chi connectivity index (χ1) is 10.5. The molecule has 0 saturated carbocycles. The number of aromatic amines is 1. The monoisotopic (exact) mass is 428 g/mol. The van der Waals surface area contributed by atoms with Crippen molar-refractivity contribution >= 4 is 40.8 Å². The van der Waals surface area contributed by atoms with Crippen molar-refractivity contribution in [1.29, 1.82) is 0 Å². The molecule has 128 valence electrons. The summed E-state index contributed by atoms with van der Waals surface area (Å²) in [5.41, 5.74) is 8.20. The van der Waals surface area contributed by atoms with Gasteiger partial charge in [-0.3, -0.25) is 0 Å².